The fourth-order valence-electron chi connectivity index (χ4n) is 3.17. The maximum atomic E-state index is 13.0. The molecule has 0 aliphatic heterocycles. The first-order valence-corrected chi connectivity index (χ1v) is 12.9. The van der Waals surface area contributed by atoms with Gasteiger partial charge in [0.05, 0.1) is 6.04 Å². The van der Waals surface area contributed by atoms with E-state index in [4.69, 9.17) is 11.5 Å². The number of carboxylic acid groups (broad SMARTS) is 1. The highest BCUT2D eigenvalue weighted by molar-refractivity contribution is 7.98. The van der Waals surface area contributed by atoms with Crippen LogP contribution in [0.1, 0.15) is 59.8 Å². The van der Waals surface area contributed by atoms with Crippen LogP contribution in [0.15, 0.2) is 0 Å². The molecular formula is C22H43N5O5S. The number of carbonyl (C=O) groups is 4. The van der Waals surface area contributed by atoms with Crippen molar-refractivity contribution in [2.45, 2.75) is 84.0 Å². The van der Waals surface area contributed by atoms with E-state index in [2.05, 4.69) is 16.0 Å². The van der Waals surface area contributed by atoms with Crippen LogP contribution < -0.4 is 27.4 Å². The van der Waals surface area contributed by atoms with E-state index in [1.165, 1.54) is 11.8 Å². The zero-order valence-corrected chi connectivity index (χ0v) is 21.4. The molecule has 0 aromatic heterocycles. The Balaban J connectivity index is 5.37. The van der Waals surface area contributed by atoms with Crippen molar-refractivity contribution in [2.75, 3.05) is 18.6 Å². The molecule has 192 valence electrons. The zero-order chi connectivity index (χ0) is 25.6. The molecule has 0 spiro atoms. The van der Waals surface area contributed by atoms with E-state index in [9.17, 15) is 24.3 Å². The van der Waals surface area contributed by atoms with Gasteiger partial charge in [0, 0.05) is 0 Å². The Labute approximate surface area is 201 Å². The van der Waals surface area contributed by atoms with Crippen LogP contribution in [0.2, 0.25) is 0 Å². The Morgan fingerprint density at radius 2 is 1.45 bits per heavy atom. The Kier molecular flexibility index (Phi) is 15.8. The molecule has 4 unspecified atom stereocenters. The lowest BCUT2D eigenvalue weighted by atomic mass is 10.00. The summed E-state index contributed by atoms with van der Waals surface area (Å²) in [6.45, 7) is 7.71. The molecule has 0 aromatic rings. The highest BCUT2D eigenvalue weighted by Crippen LogP contribution is 2.10. The summed E-state index contributed by atoms with van der Waals surface area (Å²) in [4.78, 5) is 49.9. The molecular weight excluding hydrogens is 446 g/mol. The summed E-state index contributed by atoms with van der Waals surface area (Å²) in [5.74, 6) is -2.26. The maximum absolute atomic E-state index is 13.0. The summed E-state index contributed by atoms with van der Waals surface area (Å²) in [6.07, 6.45) is 4.52. The number of nitrogens with one attached hydrogen (secondary N) is 3. The van der Waals surface area contributed by atoms with Gasteiger partial charge in [0.15, 0.2) is 0 Å². The average molecular weight is 490 g/mol. The fraction of sp³-hybridized carbons (Fsp3) is 0.818. The van der Waals surface area contributed by atoms with Gasteiger partial charge in [-0.15, -0.1) is 0 Å². The topological polar surface area (TPSA) is 177 Å². The predicted octanol–water partition coefficient (Wildman–Crippen LogP) is 0.437. The van der Waals surface area contributed by atoms with Crippen LogP contribution in [0.5, 0.6) is 0 Å². The molecule has 0 rings (SSSR count). The number of hydrogen-bond acceptors (Lipinski definition) is 7. The number of carboxylic acids is 1. The standard InChI is InChI=1S/C22H43N5O5S/c1-13(2)12-17(21(30)27-18(14(3)4)22(31)32)26-20(29)16(9-11-33-5)25-19(28)15(24)8-6-7-10-23/h13-18H,6-12,23-24H2,1-5H3,(H,25,28)(H,26,29)(H,27,30)(H,31,32). The summed E-state index contributed by atoms with van der Waals surface area (Å²) >= 11 is 1.53. The second-order valence-electron chi connectivity index (χ2n) is 8.99. The van der Waals surface area contributed by atoms with Crippen LogP contribution in [0, 0.1) is 11.8 Å². The van der Waals surface area contributed by atoms with E-state index < -0.39 is 47.9 Å². The number of thioether (sulfide) groups is 1. The maximum Gasteiger partial charge on any atom is 0.326 e. The summed E-state index contributed by atoms with van der Waals surface area (Å²) in [5.41, 5.74) is 11.4. The second-order valence-corrected chi connectivity index (χ2v) is 9.98. The van der Waals surface area contributed by atoms with E-state index in [1.807, 2.05) is 20.1 Å². The van der Waals surface area contributed by atoms with E-state index in [-0.39, 0.29) is 11.8 Å². The summed E-state index contributed by atoms with van der Waals surface area (Å²) < 4.78 is 0. The molecule has 0 aliphatic rings. The fourth-order valence-corrected chi connectivity index (χ4v) is 3.64. The van der Waals surface area contributed by atoms with Gasteiger partial charge in [-0.3, -0.25) is 14.4 Å². The number of hydrogen-bond donors (Lipinski definition) is 6. The third kappa shape index (κ3) is 12.8. The molecule has 0 bridgehead atoms. The molecule has 0 saturated carbocycles. The van der Waals surface area contributed by atoms with Crippen molar-refractivity contribution in [3.05, 3.63) is 0 Å². The van der Waals surface area contributed by atoms with Gasteiger partial charge in [0.1, 0.15) is 18.1 Å². The van der Waals surface area contributed by atoms with Crippen LogP contribution in [0.3, 0.4) is 0 Å². The van der Waals surface area contributed by atoms with Crippen LogP contribution in [-0.4, -0.2) is 71.5 Å². The SMILES string of the molecule is CSCCC(NC(=O)C(N)CCCCN)C(=O)NC(CC(C)C)C(=O)NC(C(=O)O)C(C)C. The molecule has 11 heteroatoms. The molecule has 0 aliphatic carbocycles. The first-order valence-electron chi connectivity index (χ1n) is 11.5. The highest BCUT2D eigenvalue weighted by atomic mass is 32.2. The van der Waals surface area contributed by atoms with Crippen molar-refractivity contribution in [1.82, 2.24) is 16.0 Å². The van der Waals surface area contributed by atoms with Gasteiger partial charge in [-0.05, 0) is 56.1 Å². The molecule has 0 heterocycles. The number of amides is 3. The smallest absolute Gasteiger partial charge is 0.326 e. The van der Waals surface area contributed by atoms with Crippen LogP contribution >= 0.6 is 11.8 Å². The van der Waals surface area contributed by atoms with Gasteiger partial charge in [-0.25, -0.2) is 4.79 Å². The van der Waals surface area contributed by atoms with Crippen molar-refractivity contribution in [3.63, 3.8) is 0 Å². The number of rotatable bonds is 17. The van der Waals surface area contributed by atoms with Gasteiger partial charge in [0.2, 0.25) is 17.7 Å². The first-order chi connectivity index (χ1) is 15.4. The minimum Gasteiger partial charge on any atom is -0.480 e. The molecule has 8 N–H and O–H groups in total. The lowest BCUT2D eigenvalue weighted by Crippen LogP contribution is -2.58. The lowest BCUT2D eigenvalue weighted by molar-refractivity contribution is -0.143. The van der Waals surface area contributed by atoms with Gasteiger partial charge < -0.3 is 32.5 Å². The Hall–Kier alpha value is -1.85. The summed E-state index contributed by atoms with van der Waals surface area (Å²) in [6, 6.07) is -3.60. The van der Waals surface area contributed by atoms with Gasteiger partial charge >= 0.3 is 5.97 Å². The van der Waals surface area contributed by atoms with Crippen LogP contribution in [-0.2, 0) is 19.2 Å². The number of nitrogens with two attached hydrogens (primary N) is 2. The number of unbranched alkanes of at least 4 members (excludes halogenated alkanes) is 1. The molecule has 0 saturated heterocycles. The van der Waals surface area contributed by atoms with E-state index in [0.29, 0.717) is 38.0 Å². The molecule has 10 nitrogen and oxygen atoms in total. The quantitative estimate of drug-likeness (QED) is 0.159. The zero-order valence-electron chi connectivity index (χ0n) is 20.6. The summed E-state index contributed by atoms with van der Waals surface area (Å²) in [7, 11) is 0. The van der Waals surface area contributed by atoms with E-state index in [1.54, 1.807) is 13.8 Å². The van der Waals surface area contributed by atoms with Gasteiger partial charge in [0.25, 0.3) is 0 Å². The minimum absolute atomic E-state index is 0.0681. The minimum atomic E-state index is -1.14. The van der Waals surface area contributed by atoms with Crippen molar-refractivity contribution in [2.24, 2.45) is 23.3 Å². The van der Waals surface area contributed by atoms with Crippen molar-refractivity contribution >= 4 is 35.5 Å². The Morgan fingerprint density at radius 3 is 1.94 bits per heavy atom. The molecule has 0 fully saturated rings. The normalized spacial score (nSPS) is 14.9. The third-order valence-corrected chi connectivity index (χ3v) is 5.76. The van der Waals surface area contributed by atoms with Crippen molar-refractivity contribution in [1.29, 1.82) is 0 Å². The Bertz CT molecular complexity index is 632. The molecule has 4 atom stereocenters. The molecule has 33 heavy (non-hydrogen) atoms. The van der Waals surface area contributed by atoms with Gasteiger partial charge in [-0.1, -0.05) is 34.1 Å². The van der Waals surface area contributed by atoms with Crippen LogP contribution in [0.25, 0.3) is 0 Å². The monoisotopic (exact) mass is 489 g/mol. The number of carbonyl (C=O) groups excluding carboxylic acids is 3. The largest absolute Gasteiger partial charge is 0.480 e. The average Bonchev–Trinajstić information content (AvgIpc) is 2.73. The van der Waals surface area contributed by atoms with Crippen LogP contribution in [0.4, 0.5) is 0 Å². The van der Waals surface area contributed by atoms with Gasteiger partial charge in [-0.2, -0.15) is 11.8 Å². The third-order valence-electron chi connectivity index (χ3n) is 5.12. The van der Waals surface area contributed by atoms with E-state index in [0.717, 1.165) is 6.42 Å². The second kappa shape index (κ2) is 16.7. The Morgan fingerprint density at radius 1 is 0.879 bits per heavy atom. The van der Waals surface area contributed by atoms with E-state index >= 15 is 0 Å². The molecule has 0 radical (unpaired) electrons. The summed E-state index contributed by atoms with van der Waals surface area (Å²) in [5, 5.41) is 17.3. The van der Waals surface area contributed by atoms with Crippen molar-refractivity contribution in [3.8, 4) is 0 Å². The van der Waals surface area contributed by atoms with Crippen molar-refractivity contribution < 1.29 is 24.3 Å². The molecule has 3 amide bonds. The number of aliphatic carboxylic acids is 1. The predicted molar refractivity (Wildman–Crippen MR) is 132 cm³/mol. The first kappa shape index (κ1) is 31.1. The lowest BCUT2D eigenvalue weighted by Gasteiger charge is -2.27. The molecule has 0 aromatic carbocycles. The highest BCUT2D eigenvalue weighted by Gasteiger charge is 2.31.